The van der Waals surface area contributed by atoms with Gasteiger partial charge in [0, 0.05) is 38.0 Å². The van der Waals surface area contributed by atoms with Gasteiger partial charge >= 0.3 is 0 Å². The van der Waals surface area contributed by atoms with Crippen LogP contribution >= 0.6 is 0 Å². The Morgan fingerprint density at radius 1 is 1.19 bits per heavy atom. The smallest absolute Gasteiger partial charge is 0.214 e. The zero-order valence-corrected chi connectivity index (χ0v) is 16.2. The van der Waals surface area contributed by atoms with Crippen LogP contribution in [-0.2, 0) is 14.8 Å². The summed E-state index contributed by atoms with van der Waals surface area (Å²) < 4.78 is 44.8. The third kappa shape index (κ3) is 3.54. The molecule has 146 valence electrons. The van der Waals surface area contributed by atoms with Crippen LogP contribution in [0.25, 0.3) is 11.4 Å². The highest BCUT2D eigenvalue weighted by atomic mass is 32.2. The van der Waals surface area contributed by atoms with E-state index in [1.54, 1.807) is 20.3 Å². The van der Waals surface area contributed by atoms with Crippen molar-refractivity contribution in [1.29, 1.82) is 0 Å². The standard InChI is InChI=1S/C18H23N3O5S/c1-20(2)27(22,23)12-14-10-24-11-15(14)21-6-5-19-18(21)13-3-4-16-17(9-13)26-8-7-25-16/h3-6,9,14-15H,7-8,10-12H2,1-2H3/t14-,15-/m1/s1. The van der Waals surface area contributed by atoms with Crippen LogP contribution in [0.1, 0.15) is 6.04 Å². The molecular formula is C18H23N3O5S. The maximum atomic E-state index is 12.3. The average Bonchev–Trinajstić information content (AvgIpc) is 3.29. The minimum atomic E-state index is -3.31. The number of benzene rings is 1. The van der Waals surface area contributed by atoms with Crippen LogP contribution in [0.3, 0.4) is 0 Å². The lowest BCUT2D eigenvalue weighted by Crippen LogP contribution is -2.32. The molecule has 27 heavy (non-hydrogen) atoms. The van der Waals surface area contributed by atoms with Gasteiger partial charge in [-0.15, -0.1) is 0 Å². The predicted molar refractivity (Wildman–Crippen MR) is 99.5 cm³/mol. The fourth-order valence-corrected chi connectivity index (χ4v) is 4.62. The van der Waals surface area contributed by atoms with Gasteiger partial charge in [0.15, 0.2) is 11.5 Å². The number of imidazole rings is 1. The molecular weight excluding hydrogens is 370 g/mol. The lowest BCUT2D eigenvalue weighted by molar-refractivity contribution is 0.171. The van der Waals surface area contributed by atoms with Crippen LogP contribution in [0.2, 0.25) is 0 Å². The van der Waals surface area contributed by atoms with Gasteiger partial charge < -0.3 is 18.8 Å². The number of hydrogen-bond acceptors (Lipinski definition) is 6. The maximum absolute atomic E-state index is 12.3. The van der Waals surface area contributed by atoms with E-state index in [1.807, 2.05) is 29.0 Å². The molecule has 0 bridgehead atoms. The van der Waals surface area contributed by atoms with Gasteiger partial charge in [-0.1, -0.05) is 0 Å². The average molecular weight is 393 g/mol. The van der Waals surface area contributed by atoms with E-state index in [2.05, 4.69) is 4.98 Å². The highest BCUT2D eigenvalue weighted by molar-refractivity contribution is 7.89. The molecule has 4 rings (SSSR count). The Labute approximate surface area is 158 Å². The van der Waals surface area contributed by atoms with E-state index in [0.29, 0.717) is 32.2 Å². The Hall–Kier alpha value is -2.10. The summed E-state index contributed by atoms with van der Waals surface area (Å²) in [5.41, 5.74) is 0.894. The molecule has 2 atom stereocenters. The van der Waals surface area contributed by atoms with Gasteiger partial charge in [0.1, 0.15) is 19.0 Å². The summed E-state index contributed by atoms with van der Waals surface area (Å²) in [7, 11) is -0.205. The van der Waals surface area contributed by atoms with Crippen LogP contribution in [0.4, 0.5) is 0 Å². The Kier molecular flexibility index (Phi) is 4.83. The zero-order chi connectivity index (χ0) is 19.0. The summed E-state index contributed by atoms with van der Waals surface area (Å²) in [4.78, 5) is 4.50. The van der Waals surface area contributed by atoms with Crippen molar-refractivity contribution in [2.24, 2.45) is 5.92 Å². The SMILES string of the molecule is CN(C)S(=O)(=O)C[C@H]1COC[C@H]1n1ccnc1-c1ccc2c(c1)OCCO2. The number of nitrogens with zero attached hydrogens (tertiary/aromatic N) is 3. The second-order valence-corrected chi connectivity index (χ2v) is 9.17. The molecule has 0 aliphatic carbocycles. The normalized spacial score (nSPS) is 22.3. The summed E-state index contributed by atoms with van der Waals surface area (Å²) in [6, 6.07) is 5.63. The minimum absolute atomic E-state index is 0.0451. The summed E-state index contributed by atoms with van der Waals surface area (Å²) >= 11 is 0. The van der Waals surface area contributed by atoms with Crippen LogP contribution in [0, 0.1) is 5.92 Å². The van der Waals surface area contributed by atoms with E-state index < -0.39 is 10.0 Å². The summed E-state index contributed by atoms with van der Waals surface area (Å²) in [6.45, 7) is 1.94. The first-order valence-corrected chi connectivity index (χ1v) is 10.5. The molecule has 0 amide bonds. The molecule has 8 nitrogen and oxygen atoms in total. The van der Waals surface area contributed by atoms with Crippen molar-refractivity contribution in [3.8, 4) is 22.9 Å². The maximum Gasteiger partial charge on any atom is 0.214 e. The molecule has 0 N–H and O–H groups in total. The lowest BCUT2D eigenvalue weighted by atomic mass is 10.1. The number of fused-ring (bicyclic) bond motifs is 1. The van der Waals surface area contributed by atoms with Gasteiger partial charge in [0.2, 0.25) is 10.0 Å². The highest BCUT2D eigenvalue weighted by Crippen LogP contribution is 2.36. The van der Waals surface area contributed by atoms with E-state index in [4.69, 9.17) is 14.2 Å². The quantitative estimate of drug-likeness (QED) is 0.764. The molecule has 1 aromatic heterocycles. The molecule has 0 saturated carbocycles. The molecule has 2 aliphatic heterocycles. The number of rotatable bonds is 5. The summed E-state index contributed by atoms with van der Waals surface area (Å²) in [5, 5.41) is 0. The van der Waals surface area contributed by atoms with Crippen molar-refractivity contribution in [1.82, 2.24) is 13.9 Å². The van der Waals surface area contributed by atoms with E-state index >= 15 is 0 Å². The molecule has 2 aliphatic rings. The second-order valence-electron chi connectivity index (χ2n) is 6.94. The third-order valence-corrected chi connectivity index (χ3v) is 6.93. The second kappa shape index (κ2) is 7.14. The first-order valence-electron chi connectivity index (χ1n) is 8.86. The van der Waals surface area contributed by atoms with E-state index in [1.165, 1.54) is 4.31 Å². The fraction of sp³-hybridized carbons (Fsp3) is 0.500. The number of sulfonamides is 1. The lowest BCUT2D eigenvalue weighted by Gasteiger charge is -2.23. The van der Waals surface area contributed by atoms with Crippen LogP contribution in [-0.4, -0.2) is 68.5 Å². The molecule has 0 radical (unpaired) electrons. The molecule has 0 unspecified atom stereocenters. The van der Waals surface area contributed by atoms with E-state index in [9.17, 15) is 8.42 Å². The van der Waals surface area contributed by atoms with Gasteiger partial charge in [-0.05, 0) is 18.2 Å². The van der Waals surface area contributed by atoms with Crippen molar-refractivity contribution in [3.05, 3.63) is 30.6 Å². The largest absolute Gasteiger partial charge is 0.486 e. The molecule has 9 heteroatoms. The van der Waals surface area contributed by atoms with Crippen molar-refractivity contribution in [2.45, 2.75) is 6.04 Å². The number of hydrogen-bond donors (Lipinski definition) is 0. The monoisotopic (exact) mass is 393 g/mol. The highest BCUT2D eigenvalue weighted by Gasteiger charge is 2.35. The van der Waals surface area contributed by atoms with Crippen molar-refractivity contribution < 1.29 is 22.6 Å². The number of aromatic nitrogens is 2. The van der Waals surface area contributed by atoms with Gasteiger partial charge in [0.25, 0.3) is 0 Å². The van der Waals surface area contributed by atoms with E-state index in [0.717, 1.165) is 17.1 Å². The minimum Gasteiger partial charge on any atom is -0.486 e. The van der Waals surface area contributed by atoms with Crippen molar-refractivity contribution in [2.75, 3.05) is 46.3 Å². The molecule has 1 saturated heterocycles. The van der Waals surface area contributed by atoms with Crippen LogP contribution < -0.4 is 9.47 Å². The Balaban J connectivity index is 1.63. The zero-order valence-electron chi connectivity index (χ0n) is 15.4. The van der Waals surface area contributed by atoms with Crippen molar-refractivity contribution >= 4 is 10.0 Å². The molecule has 1 fully saturated rings. The molecule has 2 aromatic rings. The first-order chi connectivity index (χ1) is 13.0. The van der Waals surface area contributed by atoms with Crippen LogP contribution in [0.15, 0.2) is 30.6 Å². The Morgan fingerprint density at radius 3 is 2.74 bits per heavy atom. The van der Waals surface area contributed by atoms with Gasteiger partial charge in [-0.2, -0.15) is 0 Å². The van der Waals surface area contributed by atoms with Gasteiger partial charge in [-0.3, -0.25) is 0 Å². The first kappa shape index (κ1) is 18.3. The van der Waals surface area contributed by atoms with Crippen LogP contribution in [0.5, 0.6) is 11.5 Å². The topological polar surface area (TPSA) is 82.9 Å². The predicted octanol–water partition coefficient (Wildman–Crippen LogP) is 1.40. The Morgan fingerprint density at radius 2 is 1.96 bits per heavy atom. The van der Waals surface area contributed by atoms with Crippen molar-refractivity contribution in [3.63, 3.8) is 0 Å². The molecule has 1 aromatic carbocycles. The fourth-order valence-electron chi connectivity index (χ4n) is 3.46. The van der Waals surface area contributed by atoms with E-state index in [-0.39, 0.29) is 17.7 Å². The number of ether oxygens (including phenoxy) is 3. The molecule has 3 heterocycles. The third-order valence-electron chi connectivity index (χ3n) is 4.97. The summed E-state index contributed by atoms with van der Waals surface area (Å²) in [6.07, 6.45) is 3.60. The summed E-state index contributed by atoms with van der Waals surface area (Å²) in [5.74, 6) is 2.09. The molecule has 0 spiro atoms. The van der Waals surface area contributed by atoms with Gasteiger partial charge in [-0.25, -0.2) is 17.7 Å². The van der Waals surface area contributed by atoms with Gasteiger partial charge in [0.05, 0.1) is 25.0 Å². The Bertz CT molecular complexity index is 925.